The number of hydrogen-bond acceptors (Lipinski definition) is 1. The quantitative estimate of drug-likeness (QED) is 0.567. The summed E-state index contributed by atoms with van der Waals surface area (Å²) in [5.41, 5.74) is 2.89. The highest BCUT2D eigenvalue weighted by molar-refractivity contribution is 7.07. The summed E-state index contributed by atoms with van der Waals surface area (Å²) in [7, 11) is 0. The molecule has 0 fully saturated rings. The van der Waals surface area contributed by atoms with Crippen LogP contribution in [0.1, 0.15) is 20.3 Å². The van der Waals surface area contributed by atoms with E-state index in [1.165, 1.54) is 20.9 Å². The molecule has 0 aliphatic heterocycles. The van der Waals surface area contributed by atoms with Crippen LogP contribution < -0.4 is 9.75 Å². The first-order valence-electron chi connectivity index (χ1n) is 4.20. The van der Waals surface area contributed by atoms with Crippen LogP contribution in [0.4, 0.5) is 0 Å². The van der Waals surface area contributed by atoms with Crippen LogP contribution in [0.3, 0.4) is 0 Å². The summed E-state index contributed by atoms with van der Waals surface area (Å²) >= 11 is 1.85. The van der Waals surface area contributed by atoms with Crippen molar-refractivity contribution in [1.82, 2.24) is 0 Å². The van der Waals surface area contributed by atoms with Gasteiger partial charge in [0.05, 0.1) is 0 Å². The molecule has 0 N–H and O–H groups in total. The minimum atomic E-state index is 1.10. The molecule has 12 heavy (non-hydrogen) atoms. The Morgan fingerprint density at radius 1 is 1.33 bits per heavy atom. The normalized spacial score (nSPS) is 16.2. The third kappa shape index (κ3) is 1.14. The zero-order valence-corrected chi connectivity index (χ0v) is 8.24. The molecule has 2 rings (SSSR count). The first-order chi connectivity index (χ1) is 5.79. The van der Waals surface area contributed by atoms with Gasteiger partial charge < -0.3 is 0 Å². The maximum absolute atomic E-state index is 2.25. The number of hydrogen-bond donors (Lipinski definition) is 0. The maximum Gasteiger partial charge on any atom is 0.0337 e. The average Bonchev–Trinajstić information content (AvgIpc) is 2.47. The molecule has 62 valence electrons. The van der Waals surface area contributed by atoms with Crippen molar-refractivity contribution >= 4 is 22.5 Å². The highest BCUT2D eigenvalue weighted by atomic mass is 32.1. The second-order valence-corrected chi connectivity index (χ2v) is 4.15. The Morgan fingerprint density at radius 2 is 2.17 bits per heavy atom. The van der Waals surface area contributed by atoms with Gasteiger partial charge in [0.2, 0.25) is 0 Å². The van der Waals surface area contributed by atoms with E-state index in [0.29, 0.717) is 0 Å². The molecule has 1 heteroatoms. The molecule has 1 aromatic heterocycles. The fraction of sp³-hybridized carbons (Fsp3) is 0.273. The maximum atomic E-state index is 2.25. The van der Waals surface area contributed by atoms with Gasteiger partial charge in [0.15, 0.2) is 0 Å². The Hall–Kier alpha value is -0.820. The van der Waals surface area contributed by atoms with Gasteiger partial charge in [0.25, 0.3) is 0 Å². The summed E-state index contributed by atoms with van der Waals surface area (Å²) in [5.74, 6) is 0. The lowest BCUT2D eigenvalue weighted by Crippen LogP contribution is -2.20. The fourth-order valence-corrected chi connectivity index (χ4v) is 2.53. The van der Waals surface area contributed by atoms with Gasteiger partial charge in [-0.15, -0.1) is 11.3 Å². The molecule has 0 bridgehead atoms. The lowest BCUT2D eigenvalue weighted by molar-refractivity contribution is 1.37. The van der Waals surface area contributed by atoms with Crippen molar-refractivity contribution in [3.05, 3.63) is 33.3 Å². The van der Waals surface area contributed by atoms with Crippen LogP contribution >= 0.6 is 11.3 Å². The van der Waals surface area contributed by atoms with E-state index in [0.717, 1.165) is 6.42 Å². The Bertz CT molecular complexity index is 432. The first kappa shape index (κ1) is 7.81. The van der Waals surface area contributed by atoms with Gasteiger partial charge in [-0.25, -0.2) is 0 Å². The predicted molar refractivity (Wildman–Crippen MR) is 55.5 cm³/mol. The van der Waals surface area contributed by atoms with E-state index in [1.807, 2.05) is 11.3 Å². The lowest BCUT2D eigenvalue weighted by Gasteiger charge is -1.89. The first-order valence-corrected chi connectivity index (χ1v) is 5.08. The van der Waals surface area contributed by atoms with Gasteiger partial charge in [-0.3, -0.25) is 0 Å². The van der Waals surface area contributed by atoms with Gasteiger partial charge in [-0.1, -0.05) is 17.7 Å². The van der Waals surface area contributed by atoms with Crippen molar-refractivity contribution in [1.29, 1.82) is 0 Å². The van der Waals surface area contributed by atoms with E-state index in [9.17, 15) is 0 Å². The van der Waals surface area contributed by atoms with E-state index in [-0.39, 0.29) is 0 Å². The topological polar surface area (TPSA) is 0 Å². The zero-order valence-electron chi connectivity index (χ0n) is 7.42. The van der Waals surface area contributed by atoms with E-state index >= 15 is 0 Å². The van der Waals surface area contributed by atoms with Gasteiger partial charge in [-0.05, 0) is 42.5 Å². The largest absolute Gasteiger partial charge is 0.144 e. The van der Waals surface area contributed by atoms with Crippen molar-refractivity contribution in [3.63, 3.8) is 0 Å². The van der Waals surface area contributed by atoms with Crippen LogP contribution in [-0.2, 0) is 0 Å². The molecule has 0 nitrogen and oxygen atoms in total. The molecule has 0 unspecified atom stereocenters. The predicted octanol–water partition coefficient (Wildman–Crippen LogP) is 2.05. The number of fused-ring (bicyclic) bond motifs is 1. The minimum absolute atomic E-state index is 1.10. The summed E-state index contributed by atoms with van der Waals surface area (Å²) < 4.78 is 1.47. The monoisotopic (exact) mass is 176 g/mol. The second kappa shape index (κ2) is 2.91. The van der Waals surface area contributed by atoms with Crippen LogP contribution in [0.15, 0.2) is 23.6 Å². The molecular weight excluding hydrogens is 164 g/mol. The van der Waals surface area contributed by atoms with Crippen molar-refractivity contribution in [2.45, 2.75) is 20.3 Å². The highest BCUT2D eigenvalue weighted by Gasteiger charge is 1.98. The molecule has 0 saturated heterocycles. The molecule has 0 spiro atoms. The van der Waals surface area contributed by atoms with Crippen LogP contribution in [0.5, 0.6) is 0 Å². The van der Waals surface area contributed by atoms with E-state index < -0.39 is 0 Å². The molecule has 0 saturated carbocycles. The van der Waals surface area contributed by atoms with E-state index in [2.05, 4.69) is 37.4 Å². The summed E-state index contributed by atoms with van der Waals surface area (Å²) in [6.07, 6.45) is 5.57. The Balaban J connectivity index is 2.94. The molecule has 0 amide bonds. The number of thiophene rings is 1. The van der Waals surface area contributed by atoms with Crippen LogP contribution in [0, 0.1) is 0 Å². The van der Waals surface area contributed by atoms with Crippen molar-refractivity contribution in [3.8, 4) is 0 Å². The summed E-state index contributed by atoms with van der Waals surface area (Å²) in [6.45, 7) is 4.40. The summed E-state index contributed by atoms with van der Waals surface area (Å²) in [5, 5.41) is 3.60. The van der Waals surface area contributed by atoms with Gasteiger partial charge >= 0.3 is 0 Å². The number of rotatable bonds is 0. The van der Waals surface area contributed by atoms with Crippen LogP contribution in [0.2, 0.25) is 0 Å². The van der Waals surface area contributed by atoms with Crippen LogP contribution in [-0.4, -0.2) is 0 Å². The van der Waals surface area contributed by atoms with Gasteiger partial charge in [0.1, 0.15) is 0 Å². The molecule has 1 heterocycles. The molecule has 1 aliphatic rings. The molecule has 0 radical (unpaired) electrons. The Labute approximate surface area is 76.6 Å². The second-order valence-electron chi connectivity index (χ2n) is 3.23. The highest BCUT2D eigenvalue weighted by Crippen LogP contribution is 2.06. The third-order valence-corrected chi connectivity index (χ3v) is 3.35. The molecule has 1 aromatic rings. The van der Waals surface area contributed by atoms with E-state index in [4.69, 9.17) is 0 Å². The summed E-state index contributed by atoms with van der Waals surface area (Å²) in [4.78, 5) is 0. The molecular formula is C11H12S. The minimum Gasteiger partial charge on any atom is -0.144 e. The standard InChI is InChI=1S/C11H12S/c1-8-4-3-5-9(2)11-10(8)6-7-12-11/h3-4,6-7H,5H2,1-2H3. The third-order valence-electron chi connectivity index (χ3n) is 2.27. The zero-order chi connectivity index (χ0) is 8.55. The Morgan fingerprint density at radius 3 is 3.00 bits per heavy atom. The molecule has 0 atom stereocenters. The molecule has 1 aliphatic carbocycles. The van der Waals surface area contributed by atoms with Crippen molar-refractivity contribution in [2.24, 2.45) is 0 Å². The van der Waals surface area contributed by atoms with E-state index in [1.54, 1.807) is 0 Å². The van der Waals surface area contributed by atoms with Gasteiger partial charge in [0, 0.05) is 4.53 Å². The average molecular weight is 176 g/mol. The smallest absolute Gasteiger partial charge is 0.0337 e. The lowest BCUT2D eigenvalue weighted by atomic mass is 10.2. The SMILES string of the molecule is CC1=c2ccsc2=C(C)CC=C1. The van der Waals surface area contributed by atoms with Crippen LogP contribution in [0.25, 0.3) is 11.1 Å². The number of allylic oxidation sites excluding steroid dienone is 2. The fourth-order valence-electron chi connectivity index (χ4n) is 1.55. The molecule has 0 aromatic carbocycles. The van der Waals surface area contributed by atoms with Crippen molar-refractivity contribution in [2.75, 3.05) is 0 Å². The van der Waals surface area contributed by atoms with Crippen molar-refractivity contribution < 1.29 is 0 Å². The Kier molecular flexibility index (Phi) is 1.89. The summed E-state index contributed by atoms with van der Waals surface area (Å²) in [6, 6.07) is 2.22. The van der Waals surface area contributed by atoms with Gasteiger partial charge in [-0.2, -0.15) is 0 Å².